The van der Waals surface area contributed by atoms with Crippen LogP contribution in [0.1, 0.15) is 41.0 Å². The van der Waals surface area contributed by atoms with Crippen LogP contribution in [0.25, 0.3) is 0 Å². The zero-order chi connectivity index (χ0) is 19.1. The molecule has 142 valence electrons. The van der Waals surface area contributed by atoms with Crippen LogP contribution in [-0.2, 0) is 13.5 Å². The van der Waals surface area contributed by atoms with Crippen LogP contribution in [0.2, 0.25) is 18.1 Å². The predicted molar refractivity (Wildman–Crippen MR) is 106 cm³/mol. The van der Waals surface area contributed by atoms with Gasteiger partial charge in [0.2, 0.25) is 9.05 Å². The highest BCUT2D eigenvalue weighted by atomic mass is 35.7. The molecule has 0 amide bonds. The zero-order valence-corrected chi connectivity index (χ0v) is 19.4. The zero-order valence-electron chi connectivity index (χ0n) is 15.7. The SMILES string of the molecule is CS(=O)(=O)Cl.C[C@@H](CO[Si](C)(C)C(C)(C)C)C[C@@H](O)[C@H](C)NP. The van der Waals surface area contributed by atoms with E-state index in [4.69, 9.17) is 4.43 Å². The molecule has 0 aromatic heterocycles. The molecule has 0 rings (SSSR count). The molecule has 23 heavy (non-hydrogen) atoms. The molecule has 0 bridgehead atoms. The van der Waals surface area contributed by atoms with Gasteiger partial charge in [-0.1, -0.05) is 37.1 Å². The second-order valence-corrected chi connectivity index (χ2v) is 15.8. The normalized spacial score (nSPS) is 17.0. The number of rotatable bonds is 7. The van der Waals surface area contributed by atoms with E-state index < -0.39 is 17.4 Å². The van der Waals surface area contributed by atoms with Crippen molar-refractivity contribution in [2.75, 3.05) is 12.9 Å². The minimum Gasteiger partial charge on any atom is -0.417 e. The van der Waals surface area contributed by atoms with Crippen LogP contribution < -0.4 is 5.09 Å². The first-order valence-corrected chi connectivity index (χ1v) is 13.9. The highest BCUT2D eigenvalue weighted by Gasteiger charge is 2.37. The third kappa shape index (κ3) is 14.8. The molecule has 5 nitrogen and oxygen atoms in total. The molecule has 0 aromatic rings. The van der Waals surface area contributed by atoms with Crippen molar-refractivity contribution in [1.82, 2.24) is 5.09 Å². The van der Waals surface area contributed by atoms with Crippen LogP contribution in [0.15, 0.2) is 0 Å². The predicted octanol–water partition coefficient (Wildman–Crippen LogP) is 3.35. The maximum atomic E-state index is 9.96. The summed E-state index contributed by atoms with van der Waals surface area (Å²) in [5.41, 5.74) is 0. The lowest BCUT2D eigenvalue weighted by molar-refractivity contribution is 0.103. The molecule has 0 aliphatic rings. The topological polar surface area (TPSA) is 75.6 Å². The van der Waals surface area contributed by atoms with Crippen LogP contribution in [0.5, 0.6) is 0 Å². The van der Waals surface area contributed by atoms with E-state index >= 15 is 0 Å². The van der Waals surface area contributed by atoms with Crippen molar-refractivity contribution in [2.45, 2.75) is 71.3 Å². The van der Waals surface area contributed by atoms with Crippen molar-refractivity contribution < 1.29 is 18.0 Å². The van der Waals surface area contributed by atoms with Crippen molar-refractivity contribution >= 4 is 37.4 Å². The third-order valence-corrected chi connectivity index (χ3v) is 9.05. The van der Waals surface area contributed by atoms with Crippen LogP contribution in [0, 0.1) is 5.92 Å². The van der Waals surface area contributed by atoms with Gasteiger partial charge in [-0.05, 0) is 37.4 Å². The summed E-state index contributed by atoms with van der Waals surface area (Å²) in [6, 6.07) is 0.102. The van der Waals surface area contributed by atoms with E-state index in [0.717, 1.165) is 19.3 Å². The first-order valence-electron chi connectivity index (χ1n) is 7.69. The van der Waals surface area contributed by atoms with E-state index in [1.54, 1.807) is 0 Å². The Morgan fingerprint density at radius 3 is 2.00 bits per heavy atom. The Balaban J connectivity index is 0. The van der Waals surface area contributed by atoms with Gasteiger partial charge in [0.15, 0.2) is 8.32 Å². The maximum Gasteiger partial charge on any atom is 0.229 e. The fourth-order valence-electron chi connectivity index (χ4n) is 1.36. The molecule has 1 unspecified atom stereocenters. The molecule has 0 saturated carbocycles. The van der Waals surface area contributed by atoms with Crippen molar-refractivity contribution in [2.24, 2.45) is 5.92 Å². The van der Waals surface area contributed by atoms with E-state index in [9.17, 15) is 13.5 Å². The van der Waals surface area contributed by atoms with Gasteiger partial charge in [-0.15, -0.1) is 0 Å². The molecule has 0 saturated heterocycles. The van der Waals surface area contributed by atoms with Crippen molar-refractivity contribution in [3.63, 3.8) is 0 Å². The molecule has 0 spiro atoms. The second kappa shape index (κ2) is 10.7. The first-order chi connectivity index (χ1) is 10.0. The minimum atomic E-state index is -3.19. The van der Waals surface area contributed by atoms with Crippen molar-refractivity contribution in [1.29, 1.82) is 0 Å². The Bertz CT molecular complexity index is 421. The minimum absolute atomic E-state index is 0.102. The van der Waals surface area contributed by atoms with Gasteiger partial charge < -0.3 is 9.53 Å². The molecule has 9 heteroatoms. The summed E-state index contributed by atoms with van der Waals surface area (Å²) in [6.45, 7) is 16.2. The molecule has 4 atom stereocenters. The number of aliphatic hydroxyl groups is 1. The van der Waals surface area contributed by atoms with Crippen LogP contribution >= 0.6 is 20.1 Å². The van der Waals surface area contributed by atoms with Gasteiger partial charge in [-0.3, -0.25) is 5.09 Å². The summed E-state index contributed by atoms with van der Waals surface area (Å²) in [4.78, 5) is 0. The summed E-state index contributed by atoms with van der Waals surface area (Å²) in [7, 11) is 2.10. The lowest BCUT2D eigenvalue weighted by Gasteiger charge is -2.37. The van der Waals surface area contributed by atoms with Gasteiger partial charge in [-0.25, -0.2) is 8.42 Å². The lowest BCUT2D eigenvalue weighted by Crippen LogP contribution is -2.42. The van der Waals surface area contributed by atoms with Crippen LogP contribution in [0.3, 0.4) is 0 Å². The van der Waals surface area contributed by atoms with Crippen LogP contribution in [0.4, 0.5) is 0 Å². The molecule has 2 N–H and O–H groups in total. The molecule has 0 radical (unpaired) electrons. The van der Waals surface area contributed by atoms with E-state index in [0.29, 0.717) is 5.92 Å². The van der Waals surface area contributed by atoms with Gasteiger partial charge in [0.25, 0.3) is 0 Å². The Kier molecular flexibility index (Phi) is 12.1. The molecule has 0 aromatic carbocycles. The number of nitrogens with one attached hydrogen (secondary N) is 1. The van der Waals surface area contributed by atoms with E-state index in [2.05, 4.69) is 65.9 Å². The van der Waals surface area contributed by atoms with Gasteiger partial charge >= 0.3 is 0 Å². The highest BCUT2D eigenvalue weighted by Crippen LogP contribution is 2.36. The van der Waals surface area contributed by atoms with Gasteiger partial charge in [0.1, 0.15) is 0 Å². The fourth-order valence-corrected chi connectivity index (χ4v) is 2.72. The quantitative estimate of drug-likeness (QED) is 0.384. The summed E-state index contributed by atoms with van der Waals surface area (Å²) < 4.78 is 25.0. The van der Waals surface area contributed by atoms with Crippen molar-refractivity contribution in [3.8, 4) is 0 Å². The standard InChI is InChI=1S/C13H32NO2PSi.CH3ClO2S/c1-10(8-12(15)11(2)14-17)9-16-18(6,7)13(3,4)5;1-5(2,3)4/h10-12,14-15H,8-9,17H2,1-7H3;1H3/t10-,11+,12-;/m1./s1. The monoisotopic (exact) mass is 407 g/mol. The summed E-state index contributed by atoms with van der Waals surface area (Å²) in [6.07, 6.45) is 1.38. The highest BCUT2D eigenvalue weighted by molar-refractivity contribution is 8.13. The number of hydrogen-bond acceptors (Lipinski definition) is 5. The smallest absolute Gasteiger partial charge is 0.229 e. The Morgan fingerprint density at radius 2 is 1.70 bits per heavy atom. The first kappa shape index (κ1) is 26.0. The summed E-state index contributed by atoms with van der Waals surface area (Å²) in [5.74, 6) is 0.384. The van der Waals surface area contributed by atoms with E-state index in [1.807, 2.05) is 6.92 Å². The number of halogens is 1. The van der Waals surface area contributed by atoms with Gasteiger partial charge in [0, 0.05) is 23.3 Å². The fraction of sp³-hybridized carbons (Fsp3) is 1.00. The average Bonchev–Trinajstić information content (AvgIpc) is 2.32. The maximum absolute atomic E-state index is 9.96. The third-order valence-electron chi connectivity index (χ3n) is 4.02. The Labute approximate surface area is 150 Å². The number of hydrogen-bond donors (Lipinski definition) is 2. The van der Waals surface area contributed by atoms with E-state index in [1.165, 1.54) is 0 Å². The molecule has 0 aliphatic heterocycles. The summed E-state index contributed by atoms with van der Waals surface area (Å²) >= 11 is 0. The van der Waals surface area contributed by atoms with Crippen LogP contribution in [-0.4, -0.2) is 46.9 Å². The van der Waals surface area contributed by atoms with Gasteiger partial charge in [-0.2, -0.15) is 0 Å². The Hall–Kier alpha value is 0.767. The molecule has 0 fully saturated rings. The average molecular weight is 408 g/mol. The second-order valence-electron chi connectivity index (χ2n) is 7.62. The molecule has 0 aliphatic carbocycles. The molecule has 0 heterocycles. The van der Waals surface area contributed by atoms with Crippen molar-refractivity contribution in [3.05, 3.63) is 0 Å². The Morgan fingerprint density at radius 1 is 1.30 bits per heavy atom. The molecular formula is C14H35ClNO4PSSi. The lowest BCUT2D eigenvalue weighted by atomic mass is 10.0. The summed E-state index contributed by atoms with van der Waals surface area (Å²) in [5, 5.41) is 13.2. The largest absolute Gasteiger partial charge is 0.417 e. The van der Waals surface area contributed by atoms with E-state index in [-0.39, 0.29) is 17.2 Å². The molecular weight excluding hydrogens is 373 g/mol. The number of aliphatic hydroxyl groups excluding tert-OH is 1. The van der Waals surface area contributed by atoms with Gasteiger partial charge in [0.05, 0.1) is 12.4 Å².